The van der Waals surface area contributed by atoms with E-state index in [1.54, 1.807) is 22.3 Å². The number of allylic oxidation sites excluding steroid dienone is 1. The number of rotatable bonds is 8. The molecule has 0 heterocycles. The van der Waals surface area contributed by atoms with Gasteiger partial charge in [-0.3, -0.25) is 0 Å². The van der Waals surface area contributed by atoms with Crippen LogP contribution in [-0.4, -0.2) is 0 Å². The van der Waals surface area contributed by atoms with Gasteiger partial charge in [0.15, 0.2) is 0 Å². The van der Waals surface area contributed by atoms with Gasteiger partial charge < -0.3 is 0 Å². The molecule has 0 aromatic heterocycles. The molecule has 0 nitrogen and oxygen atoms in total. The molecule has 1 fully saturated rings. The molecular formula is C30H40. The molecule has 0 radical (unpaired) electrons. The van der Waals surface area contributed by atoms with Crippen molar-refractivity contribution < 1.29 is 0 Å². The number of hydrogen-bond donors (Lipinski definition) is 0. The van der Waals surface area contributed by atoms with Crippen LogP contribution in [0.2, 0.25) is 0 Å². The van der Waals surface area contributed by atoms with Gasteiger partial charge in [-0.05, 0) is 116 Å². The van der Waals surface area contributed by atoms with E-state index in [1.807, 2.05) is 0 Å². The van der Waals surface area contributed by atoms with E-state index >= 15 is 0 Å². The summed E-state index contributed by atoms with van der Waals surface area (Å²) in [4.78, 5) is 0. The summed E-state index contributed by atoms with van der Waals surface area (Å²) in [6, 6.07) is 17.1. The van der Waals surface area contributed by atoms with Gasteiger partial charge in [0.05, 0.1) is 0 Å². The van der Waals surface area contributed by atoms with Crippen LogP contribution in [0.1, 0.15) is 104 Å². The molecule has 0 bridgehead atoms. The van der Waals surface area contributed by atoms with Crippen molar-refractivity contribution in [2.45, 2.75) is 95.8 Å². The highest BCUT2D eigenvalue weighted by Crippen LogP contribution is 2.39. The molecule has 0 amide bonds. The number of fused-ring (bicyclic) bond motifs is 1. The third-order valence-electron chi connectivity index (χ3n) is 7.82. The number of hydrogen-bond acceptors (Lipinski definition) is 0. The van der Waals surface area contributed by atoms with Crippen LogP contribution in [0.5, 0.6) is 0 Å². The molecule has 2 aliphatic carbocycles. The average molecular weight is 401 g/mol. The maximum atomic E-state index is 3.88. The van der Waals surface area contributed by atoms with E-state index < -0.39 is 0 Å². The number of benzene rings is 2. The Morgan fingerprint density at radius 1 is 0.867 bits per heavy atom. The van der Waals surface area contributed by atoms with E-state index in [9.17, 15) is 0 Å². The van der Waals surface area contributed by atoms with Crippen LogP contribution >= 0.6 is 0 Å². The van der Waals surface area contributed by atoms with Crippen molar-refractivity contribution in [1.29, 1.82) is 0 Å². The molecule has 0 heteroatoms. The van der Waals surface area contributed by atoms with Crippen molar-refractivity contribution in [2.75, 3.05) is 0 Å². The Hall–Kier alpha value is -1.82. The van der Waals surface area contributed by atoms with E-state index in [4.69, 9.17) is 0 Å². The Labute approximate surface area is 184 Å². The Balaban J connectivity index is 1.34. The maximum absolute atomic E-state index is 3.88. The normalized spacial score (nSPS) is 23.7. The fourth-order valence-electron chi connectivity index (χ4n) is 5.81. The lowest BCUT2D eigenvalue weighted by atomic mass is 9.76. The fraction of sp³-hybridized carbons (Fsp3) is 0.533. The summed E-state index contributed by atoms with van der Waals surface area (Å²) in [6.45, 7) is 6.16. The summed E-state index contributed by atoms with van der Waals surface area (Å²) in [6.07, 6.45) is 17.8. The summed E-state index contributed by atoms with van der Waals surface area (Å²) in [7, 11) is 0. The van der Waals surface area contributed by atoms with E-state index in [2.05, 4.69) is 62.0 Å². The molecule has 1 unspecified atom stereocenters. The zero-order valence-corrected chi connectivity index (χ0v) is 19.0. The van der Waals surface area contributed by atoms with Crippen molar-refractivity contribution >= 4 is 0 Å². The quantitative estimate of drug-likeness (QED) is 0.389. The molecule has 2 aliphatic rings. The van der Waals surface area contributed by atoms with Gasteiger partial charge in [0, 0.05) is 0 Å². The molecule has 2 aromatic rings. The summed E-state index contributed by atoms with van der Waals surface area (Å²) in [5.41, 5.74) is 7.88. The lowest BCUT2D eigenvalue weighted by molar-refractivity contribution is 0.312. The Bertz CT molecular complexity index is 804. The van der Waals surface area contributed by atoms with Gasteiger partial charge in [-0.15, -0.1) is 6.58 Å². The minimum Gasteiger partial charge on any atom is -0.103 e. The molecule has 4 rings (SSSR count). The molecule has 160 valence electrons. The predicted molar refractivity (Wildman–Crippen MR) is 130 cm³/mol. The summed E-state index contributed by atoms with van der Waals surface area (Å²) >= 11 is 0. The van der Waals surface area contributed by atoms with E-state index in [0.717, 1.165) is 11.8 Å². The maximum Gasteiger partial charge on any atom is -0.0118 e. The molecule has 0 spiro atoms. The van der Waals surface area contributed by atoms with Crippen molar-refractivity contribution in [3.05, 3.63) is 82.9 Å². The topological polar surface area (TPSA) is 0 Å². The van der Waals surface area contributed by atoms with Crippen LogP contribution in [0.15, 0.2) is 55.1 Å². The van der Waals surface area contributed by atoms with Gasteiger partial charge >= 0.3 is 0 Å². The second-order valence-corrected chi connectivity index (χ2v) is 9.90. The van der Waals surface area contributed by atoms with Gasteiger partial charge in [0.2, 0.25) is 0 Å². The smallest absolute Gasteiger partial charge is 0.0118 e. The Kier molecular flexibility index (Phi) is 7.47. The summed E-state index contributed by atoms with van der Waals surface area (Å²) in [5, 5.41) is 0. The van der Waals surface area contributed by atoms with Crippen LogP contribution < -0.4 is 0 Å². The zero-order valence-electron chi connectivity index (χ0n) is 19.0. The van der Waals surface area contributed by atoms with Crippen molar-refractivity contribution in [3.63, 3.8) is 0 Å². The van der Waals surface area contributed by atoms with Crippen LogP contribution in [0.25, 0.3) is 0 Å². The first-order valence-electron chi connectivity index (χ1n) is 12.6. The highest BCUT2D eigenvalue weighted by Gasteiger charge is 2.23. The molecule has 30 heavy (non-hydrogen) atoms. The third-order valence-corrected chi connectivity index (χ3v) is 7.82. The van der Waals surface area contributed by atoms with Gasteiger partial charge in [-0.1, -0.05) is 61.9 Å². The Morgan fingerprint density at radius 3 is 2.30 bits per heavy atom. The lowest BCUT2D eigenvalue weighted by Crippen LogP contribution is -2.14. The van der Waals surface area contributed by atoms with Crippen molar-refractivity contribution in [3.8, 4) is 0 Å². The molecule has 0 aliphatic heterocycles. The highest BCUT2D eigenvalue weighted by atomic mass is 14.3. The summed E-state index contributed by atoms with van der Waals surface area (Å²) in [5.74, 6) is 2.42. The van der Waals surface area contributed by atoms with Gasteiger partial charge in [0.25, 0.3) is 0 Å². The minimum atomic E-state index is 0.697. The largest absolute Gasteiger partial charge is 0.103 e. The van der Waals surface area contributed by atoms with Crippen molar-refractivity contribution in [1.82, 2.24) is 0 Å². The molecular weight excluding hydrogens is 360 g/mol. The fourth-order valence-corrected chi connectivity index (χ4v) is 5.81. The monoisotopic (exact) mass is 400 g/mol. The van der Waals surface area contributed by atoms with Gasteiger partial charge in [0.1, 0.15) is 0 Å². The number of unbranched alkanes of at least 4 members (excludes halogenated alkanes) is 1. The number of aryl methyl sites for hydroxylation is 2. The third kappa shape index (κ3) is 5.26. The second kappa shape index (κ2) is 10.5. The molecule has 1 saturated carbocycles. The highest BCUT2D eigenvalue weighted by molar-refractivity contribution is 5.38. The molecule has 1 atom stereocenters. The van der Waals surface area contributed by atoms with E-state index in [0.29, 0.717) is 5.92 Å². The average Bonchev–Trinajstić information content (AvgIpc) is 2.81. The van der Waals surface area contributed by atoms with E-state index in [-0.39, 0.29) is 0 Å². The molecule has 0 N–H and O–H groups in total. The van der Waals surface area contributed by atoms with Gasteiger partial charge in [-0.2, -0.15) is 0 Å². The molecule has 2 aromatic carbocycles. The molecule has 0 saturated heterocycles. The lowest BCUT2D eigenvalue weighted by Gasteiger charge is -2.29. The van der Waals surface area contributed by atoms with Crippen LogP contribution in [0, 0.1) is 5.92 Å². The van der Waals surface area contributed by atoms with Crippen LogP contribution in [0.4, 0.5) is 0 Å². The second-order valence-electron chi connectivity index (χ2n) is 9.90. The SMILES string of the molecule is C=CCCC1CCC(c2ccc(C3CCc4cc(CCCC)ccc4C3)cc2)CC1. The minimum absolute atomic E-state index is 0.697. The van der Waals surface area contributed by atoms with Gasteiger partial charge in [-0.25, -0.2) is 0 Å². The predicted octanol–water partition coefficient (Wildman–Crippen LogP) is 8.54. The van der Waals surface area contributed by atoms with Crippen molar-refractivity contribution in [2.24, 2.45) is 5.92 Å². The Morgan fingerprint density at radius 2 is 1.60 bits per heavy atom. The first-order valence-corrected chi connectivity index (χ1v) is 12.6. The van der Waals surface area contributed by atoms with E-state index in [1.165, 1.54) is 82.6 Å². The first-order chi connectivity index (χ1) is 14.8. The zero-order chi connectivity index (χ0) is 20.8. The standard InChI is InChI=1S/C30H40/c1-3-5-7-23-9-12-25(13-10-23)26-15-17-27(18-16-26)29-20-19-28-21-24(8-6-4-2)11-14-30(28)22-29/h3,11,14-18,21,23,25,29H,1,4-10,12-13,19-20,22H2,2H3. The van der Waals surface area contributed by atoms with Crippen LogP contribution in [0.3, 0.4) is 0 Å². The summed E-state index contributed by atoms with van der Waals surface area (Å²) < 4.78 is 0. The first kappa shape index (κ1) is 21.4. The van der Waals surface area contributed by atoms with Crippen LogP contribution in [-0.2, 0) is 19.3 Å².